The number of nitrogens with one attached hydrogen (secondary N) is 2. The SMILES string of the molecule is CCNC(=NCC(c1ccccc1)N1CCCC1)NCCCCN1CCC(C(N)=O)CC1.I. The lowest BCUT2D eigenvalue weighted by molar-refractivity contribution is -0.123. The Morgan fingerprint density at radius 1 is 1.09 bits per heavy atom. The predicted octanol–water partition coefficient (Wildman–Crippen LogP) is 2.97. The van der Waals surface area contributed by atoms with Crippen LogP contribution in [0.1, 0.15) is 57.1 Å². The molecule has 1 amide bonds. The molecule has 1 aromatic rings. The maximum absolute atomic E-state index is 11.3. The molecule has 3 rings (SSSR count). The van der Waals surface area contributed by atoms with Crippen molar-refractivity contribution in [2.75, 3.05) is 52.4 Å². The Balaban J connectivity index is 0.00000385. The molecule has 0 spiro atoms. The van der Waals surface area contributed by atoms with E-state index in [1.54, 1.807) is 0 Å². The molecule has 2 saturated heterocycles. The van der Waals surface area contributed by atoms with E-state index in [1.807, 2.05) is 0 Å². The molecule has 4 N–H and O–H groups in total. The molecule has 7 nitrogen and oxygen atoms in total. The first-order valence-electron chi connectivity index (χ1n) is 12.5. The Kier molecular flexibility index (Phi) is 13.1. The van der Waals surface area contributed by atoms with E-state index in [9.17, 15) is 4.79 Å². The van der Waals surface area contributed by atoms with E-state index in [0.29, 0.717) is 6.04 Å². The second-order valence-corrected chi connectivity index (χ2v) is 9.04. The summed E-state index contributed by atoms with van der Waals surface area (Å²) in [5.41, 5.74) is 6.79. The van der Waals surface area contributed by atoms with Crippen molar-refractivity contribution in [1.82, 2.24) is 20.4 Å². The van der Waals surface area contributed by atoms with Crippen molar-refractivity contribution in [2.24, 2.45) is 16.6 Å². The third kappa shape index (κ3) is 9.41. The van der Waals surface area contributed by atoms with E-state index >= 15 is 0 Å². The number of likely N-dealkylation sites (tertiary alicyclic amines) is 2. The zero-order valence-electron chi connectivity index (χ0n) is 20.2. The number of nitrogens with two attached hydrogens (primary N) is 1. The van der Waals surface area contributed by atoms with Crippen LogP contribution in [-0.4, -0.2) is 74.0 Å². The maximum Gasteiger partial charge on any atom is 0.220 e. The Labute approximate surface area is 217 Å². The Morgan fingerprint density at radius 3 is 2.42 bits per heavy atom. The van der Waals surface area contributed by atoms with Crippen molar-refractivity contribution < 1.29 is 4.79 Å². The van der Waals surface area contributed by atoms with Gasteiger partial charge in [0.15, 0.2) is 5.96 Å². The number of amides is 1. The molecule has 0 bridgehead atoms. The van der Waals surface area contributed by atoms with Gasteiger partial charge < -0.3 is 21.3 Å². The van der Waals surface area contributed by atoms with Crippen LogP contribution in [0.15, 0.2) is 35.3 Å². The van der Waals surface area contributed by atoms with E-state index in [1.165, 1.54) is 18.4 Å². The Bertz CT molecular complexity index is 702. The number of piperidine rings is 1. The average Bonchev–Trinajstić information content (AvgIpc) is 3.34. The highest BCUT2D eigenvalue weighted by Crippen LogP contribution is 2.25. The minimum absolute atomic E-state index is 0. The second-order valence-electron chi connectivity index (χ2n) is 9.04. The molecule has 2 aliphatic rings. The van der Waals surface area contributed by atoms with Crippen molar-refractivity contribution in [1.29, 1.82) is 0 Å². The number of guanidine groups is 1. The average molecular weight is 571 g/mol. The molecule has 2 aliphatic heterocycles. The Morgan fingerprint density at radius 2 is 1.79 bits per heavy atom. The molecule has 186 valence electrons. The van der Waals surface area contributed by atoms with E-state index in [0.717, 1.165) is 84.0 Å². The lowest BCUT2D eigenvalue weighted by Gasteiger charge is -2.30. The van der Waals surface area contributed by atoms with Crippen LogP contribution < -0.4 is 16.4 Å². The van der Waals surface area contributed by atoms with Gasteiger partial charge in [-0.15, -0.1) is 24.0 Å². The van der Waals surface area contributed by atoms with Crippen molar-refractivity contribution in [3.8, 4) is 0 Å². The van der Waals surface area contributed by atoms with Crippen LogP contribution in [0.5, 0.6) is 0 Å². The summed E-state index contributed by atoms with van der Waals surface area (Å²) in [7, 11) is 0. The quantitative estimate of drug-likeness (QED) is 0.165. The van der Waals surface area contributed by atoms with Crippen molar-refractivity contribution in [3.05, 3.63) is 35.9 Å². The number of primary amides is 1. The van der Waals surface area contributed by atoms with Gasteiger partial charge in [0.25, 0.3) is 0 Å². The number of aliphatic imine (C=N–C) groups is 1. The Hall–Kier alpha value is -1.39. The standard InChI is InChI=1S/C25H42N6O.HI/c1-2-27-25(28-14-6-7-15-30-18-12-22(13-19-30)24(26)32)29-20-23(31-16-8-9-17-31)21-10-4-3-5-11-21;/h3-5,10-11,22-23H,2,6-9,12-20H2,1H3,(H2,26,32)(H2,27,28,29);1H. The normalized spacial score (nSPS) is 19.1. The number of rotatable bonds is 11. The number of nitrogens with zero attached hydrogens (tertiary/aromatic N) is 3. The number of benzene rings is 1. The first kappa shape index (κ1) is 27.9. The monoisotopic (exact) mass is 570 g/mol. The van der Waals surface area contributed by atoms with Crippen molar-refractivity contribution >= 4 is 35.8 Å². The van der Waals surface area contributed by atoms with Gasteiger partial charge in [0.1, 0.15) is 0 Å². The van der Waals surface area contributed by atoms with Crippen molar-refractivity contribution in [2.45, 2.75) is 51.5 Å². The van der Waals surface area contributed by atoms with Gasteiger partial charge in [-0.05, 0) is 83.7 Å². The zero-order chi connectivity index (χ0) is 22.6. The number of carbonyl (C=O) groups excluding carboxylic acids is 1. The molecule has 0 aromatic heterocycles. The molecule has 33 heavy (non-hydrogen) atoms. The zero-order valence-corrected chi connectivity index (χ0v) is 22.5. The fourth-order valence-electron chi connectivity index (χ4n) is 4.79. The third-order valence-electron chi connectivity index (χ3n) is 6.72. The van der Waals surface area contributed by atoms with E-state index in [-0.39, 0.29) is 35.8 Å². The molecule has 8 heteroatoms. The van der Waals surface area contributed by atoms with Gasteiger partial charge in [-0.2, -0.15) is 0 Å². The lowest BCUT2D eigenvalue weighted by atomic mass is 9.96. The number of unbranched alkanes of at least 4 members (excludes halogenated alkanes) is 1. The summed E-state index contributed by atoms with van der Waals surface area (Å²) in [4.78, 5) is 21.3. The number of hydrogen-bond acceptors (Lipinski definition) is 4. The third-order valence-corrected chi connectivity index (χ3v) is 6.72. The summed E-state index contributed by atoms with van der Waals surface area (Å²) in [6.45, 7) is 10.1. The van der Waals surface area contributed by atoms with E-state index in [4.69, 9.17) is 10.7 Å². The van der Waals surface area contributed by atoms with Gasteiger partial charge in [-0.3, -0.25) is 14.7 Å². The van der Waals surface area contributed by atoms with Gasteiger partial charge in [0, 0.05) is 19.0 Å². The number of hydrogen-bond donors (Lipinski definition) is 3. The number of carbonyl (C=O) groups is 1. The van der Waals surface area contributed by atoms with E-state index < -0.39 is 0 Å². The molecular formula is C25H43IN6O. The van der Waals surface area contributed by atoms with E-state index in [2.05, 4.69) is 57.7 Å². The maximum atomic E-state index is 11.3. The van der Waals surface area contributed by atoms with Gasteiger partial charge in [-0.1, -0.05) is 30.3 Å². The van der Waals surface area contributed by atoms with Crippen LogP contribution in [0.3, 0.4) is 0 Å². The highest BCUT2D eigenvalue weighted by molar-refractivity contribution is 14.0. The molecule has 0 saturated carbocycles. The molecule has 0 aliphatic carbocycles. The smallest absolute Gasteiger partial charge is 0.220 e. The molecule has 1 atom stereocenters. The van der Waals surface area contributed by atoms with Crippen LogP contribution in [0.25, 0.3) is 0 Å². The van der Waals surface area contributed by atoms with Gasteiger partial charge in [0.2, 0.25) is 5.91 Å². The minimum atomic E-state index is -0.136. The van der Waals surface area contributed by atoms with Crippen LogP contribution >= 0.6 is 24.0 Å². The first-order valence-corrected chi connectivity index (χ1v) is 12.5. The second kappa shape index (κ2) is 15.5. The fourth-order valence-corrected chi connectivity index (χ4v) is 4.79. The number of halogens is 1. The summed E-state index contributed by atoms with van der Waals surface area (Å²) in [5.74, 6) is 0.852. The highest BCUT2D eigenvalue weighted by atomic mass is 127. The van der Waals surface area contributed by atoms with Gasteiger partial charge in [-0.25, -0.2) is 0 Å². The molecule has 0 radical (unpaired) electrons. The van der Waals surface area contributed by atoms with Crippen molar-refractivity contribution in [3.63, 3.8) is 0 Å². The highest BCUT2D eigenvalue weighted by Gasteiger charge is 2.24. The summed E-state index contributed by atoms with van der Waals surface area (Å²) in [5, 5.41) is 6.92. The lowest BCUT2D eigenvalue weighted by Crippen LogP contribution is -2.40. The predicted molar refractivity (Wildman–Crippen MR) is 147 cm³/mol. The van der Waals surface area contributed by atoms with Crippen LogP contribution in [-0.2, 0) is 4.79 Å². The summed E-state index contributed by atoms with van der Waals surface area (Å²) < 4.78 is 0. The first-order chi connectivity index (χ1) is 15.7. The van der Waals surface area contributed by atoms with Crippen LogP contribution in [0.2, 0.25) is 0 Å². The molecule has 1 unspecified atom stereocenters. The minimum Gasteiger partial charge on any atom is -0.369 e. The van der Waals surface area contributed by atoms with Crippen LogP contribution in [0.4, 0.5) is 0 Å². The van der Waals surface area contributed by atoms with Gasteiger partial charge in [0.05, 0.1) is 12.6 Å². The molecule has 1 aromatic carbocycles. The summed E-state index contributed by atoms with van der Waals surface area (Å²) in [6.07, 6.45) is 6.63. The molecular weight excluding hydrogens is 527 g/mol. The topological polar surface area (TPSA) is 86.0 Å². The summed E-state index contributed by atoms with van der Waals surface area (Å²) >= 11 is 0. The summed E-state index contributed by atoms with van der Waals surface area (Å²) in [6, 6.07) is 11.1. The molecule has 2 heterocycles. The van der Waals surface area contributed by atoms with Crippen LogP contribution in [0, 0.1) is 5.92 Å². The fraction of sp³-hybridized carbons (Fsp3) is 0.680. The molecule has 2 fully saturated rings. The largest absolute Gasteiger partial charge is 0.369 e. The van der Waals surface area contributed by atoms with Gasteiger partial charge >= 0.3 is 0 Å².